The van der Waals surface area contributed by atoms with Crippen molar-refractivity contribution < 1.29 is 14.3 Å². The number of nitrogens with one attached hydrogen (secondary N) is 2. The first-order valence-corrected chi connectivity index (χ1v) is 12.9. The lowest BCUT2D eigenvalue weighted by Crippen LogP contribution is -2.29. The van der Waals surface area contributed by atoms with Crippen LogP contribution in [-0.2, 0) is 9.53 Å². The topological polar surface area (TPSA) is 88.5 Å². The molecule has 3 heterocycles. The molecule has 8 nitrogen and oxygen atoms in total. The maximum absolute atomic E-state index is 12.2. The molecule has 0 aliphatic carbocycles. The van der Waals surface area contributed by atoms with Crippen molar-refractivity contribution in [1.82, 2.24) is 14.9 Å². The Kier molecular flexibility index (Phi) is 7.17. The highest BCUT2D eigenvalue weighted by Gasteiger charge is 2.42. The molecule has 1 aliphatic rings. The highest BCUT2D eigenvalue weighted by atomic mass is 32.1. The number of aromatic nitrogens is 2. The molecule has 0 radical (unpaired) electrons. The molecule has 4 aromatic rings. The van der Waals surface area contributed by atoms with Crippen LogP contribution < -0.4 is 15.5 Å². The number of ether oxygens (including phenoxy) is 1. The molecule has 1 amide bonds. The molecule has 0 spiro atoms. The third kappa shape index (κ3) is 5.00. The summed E-state index contributed by atoms with van der Waals surface area (Å²) < 4.78 is 7.07. The average molecular weight is 540 g/mol. The van der Waals surface area contributed by atoms with Crippen molar-refractivity contribution in [3.05, 3.63) is 107 Å². The summed E-state index contributed by atoms with van der Waals surface area (Å²) in [7, 11) is 1.38. The number of esters is 1. The minimum Gasteiger partial charge on any atom is -0.465 e. The van der Waals surface area contributed by atoms with Crippen LogP contribution in [0.4, 0.5) is 11.4 Å². The quantitative estimate of drug-likeness (QED) is 0.250. The van der Waals surface area contributed by atoms with E-state index in [1.807, 2.05) is 67.6 Å². The molecule has 0 unspecified atom stereocenters. The van der Waals surface area contributed by atoms with Gasteiger partial charge in [-0.2, -0.15) is 0 Å². The molecule has 2 aromatic heterocycles. The molecule has 1 saturated heterocycles. The number of pyridine rings is 1. The number of nitrogens with zero attached hydrogens (tertiary/aromatic N) is 3. The highest BCUT2D eigenvalue weighted by molar-refractivity contribution is 7.80. The number of rotatable bonds is 6. The number of aryl methyl sites for hydroxylation is 1. The van der Waals surface area contributed by atoms with Crippen molar-refractivity contribution in [2.45, 2.75) is 32.9 Å². The number of anilines is 2. The number of methoxy groups -OCH3 is 1. The van der Waals surface area contributed by atoms with E-state index in [0.29, 0.717) is 16.4 Å². The van der Waals surface area contributed by atoms with E-state index in [1.54, 1.807) is 12.3 Å². The summed E-state index contributed by atoms with van der Waals surface area (Å²) in [6.07, 6.45) is 1.78. The van der Waals surface area contributed by atoms with Gasteiger partial charge in [-0.15, -0.1) is 0 Å². The van der Waals surface area contributed by atoms with Crippen molar-refractivity contribution in [3.63, 3.8) is 0 Å². The van der Waals surface area contributed by atoms with E-state index >= 15 is 0 Å². The number of amides is 1. The maximum Gasteiger partial charge on any atom is 0.337 e. The van der Waals surface area contributed by atoms with Gasteiger partial charge >= 0.3 is 5.97 Å². The van der Waals surface area contributed by atoms with E-state index in [1.165, 1.54) is 14.0 Å². The minimum absolute atomic E-state index is 0.127. The van der Waals surface area contributed by atoms with Crippen molar-refractivity contribution in [2.24, 2.45) is 0 Å². The molecular formula is C30H29N5O3S. The zero-order valence-electron chi connectivity index (χ0n) is 22.1. The van der Waals surface area contributed by atoms with Crippen molar-refractivity contribution in [2.75, 3.05) is 17.3 Å². The fourth-order valence-electron chi connectivity index (χ4n) is 5.23. The van der Waals surface area contributed by atoms with Gasteiger partial charge < -0.3 is 24.8 Å². The number of hydrogen-bond donors (Lipinski definition) is 2. The summed E-state index contributed by atoms with van der Waals surface area (Å²) in [5.74, 6) is -0.508. The Bertz CT molecular complexity index is 1550. The molecule has 5 rings (SSSR count). The number of thiocarbonyl (C=S) groups is 1. The van der Waals surface area contributed by atoms with Gasteiger partial charge in [0.05, 0.1) is 30.5 Å². The zero-order valence-corrected chi connectivity index (χ0v) is 23.0. The zero-order chi connectivity index (χ0) is 27.7. The van der Waals surface area contributed by atoms with E-state index in [-0.39, 0.29) is 24.0 Å². The molecule has 2 aromatic carbocycles. The monoisotopic (exact) mass is 539 g/mol. The standard InChI is InChI=1S/C30H29N5O3S/c1-18-16-25(19(2)34(18)24-9-7-8-21(17-24)29(37)38-4)28-27(26-10-5-6-15-31-26)33-30(39)35(28)23-13-11-22(12-14-23)32-20(3)36/h5-17,27-28H,1-4H3,(H,32,36)(H,33,39)/t27-,28-/m1/s1. The van der Waals surface area contributed by atoms with E-state index in [0.717, 1.165) is 34.0 Å². The van der Waals surface area contributed by atoms with Gasteiger partial charge in [0.1, 0.15) is 0 Å². The Morgan fingerprint density at radius 2 is 1.77 bits per heavy atom. The second-order valence-corrected chi connectivity index (χ2v) is 9.82. The van der Waals surface area contributed by atoms with Gasteiger partial charge in [-0.25, -0.2) is 4.79 Å². The summed E-state index contributed by atoms with van der Waals surface area (Å²) in [6, 6.07) is 22.7. The lowest BCUT2D eigenvalue weighted by atomic mass is 9.96. The van der Waals surface area contributed by atoms with Crippen LogP contribution in [0.1, 0.15) is 52.0 Å². The van der Waals surface area contributed by atoms with Gasteiger partial charge in [-0.05, 0) is 92.3 Å². The van der Waals surface area contributed by atoms with Crippen LogP contribution in [0.2, 0.25) is 0 Å². The normalized spacial score (nSPS) is 16.6. The van der Waals surface area contributed by atoms with E-state index < -0.39 is 0 Å². The van der Waals surface area contributed by atoms with Crippen LogP contribution in [0.25, 0.3) is 5.69 Å². The molecule has 2 atom stereocenters. The fourth-order valence-corrected chi connectivity index (χ4v) is 5.58. The third-order valence-corrected chi connectivity index (χ3v) is 7.19. The Morgan fingerprint density at radius 1 is 1.00 bits per heavy atom. The number of hydrogen-bond acceptors (Lipinski definition) is 5. The van der Waals surface area contributed by atoms with Crippen LogP contribution in [-0.4, -0.2) is 33.6 Å². The van der Waals surface area contributed by atoms with Gasteiger partial charge in [0.15, 0.2) is 5.11 Å². The molecule has 39 heavy (non-hydrogen) atoms. The minimum atomic E-state index is -0.381. The van der Waals surface area contributed by atoms with Crippen molar-refractivity contribution in [1.29, 1.82) is 0 Å². The summed E-state index contributed by atoms with van der Waals surface area (Å²) >= 11 is 5.87. The molecule has 9 heteroatoms. The second-order valence-electron chi connectivity index (χ2n) is 9.43. The smallest absolute Gasteiger partial charge is 0.337 e. The Hall–Kier alpha value is -4.50. The number of carbonyl (C=O) groups excluding carboxylic acids is 2. The molecule has 0 saturated carbocycles. The number of carbonyl (C=O) groups is 2. The first-order chi connectivity index (χ1) is 18.8. The summed E-state index contributed by atoms with van der Waals surface area (Å²) in [5.41, 5.74) is 6.95. The van der Waals surface area contributed by atoms with Gasteiger partial charge in [-0.1, -0.05) is 12.1 Å². The predicted molar refractivity (Wildman–Crippen MR) is 155 cm³/mol. The van der Waals surface area contributed by atoms with Crippen LogP contribution in [0.3, 0.4) is 0 Å². The largest absolute Gasteiger partial charge is 0.465 e. The maximum atomic E-state index is 12.2. The van der Waals surface area contributed by atoms with Crippen molar-refractivity contribution >= 4 is 40.6 Å². The summed E-state index contributed by atoms with van der Waals surface area (Å²) in [5, 5.41) is 6.89. The Morgan fingerprint density at radius 3 is 2.44 bits per heavy atom. The molecular weight excluding hydrogens is 510 g/mol. The van der Waals surface area contributed by atoms with Crippen LogP contribution >= 0.6 is 12.2 Å². The van der Waals surface area contributed by atoms with Crippen LogP contribution in [0.15, 0.2) is 79.0 Å². The van der Waals surface area contributed by atoms with Gasteiger partial charge in [0, 0.05) is 41.6 Å². The fraction of sp³-hybridized carbons (Fsp3) is 0.200. The lowest BCUT2D eigenvalue weighted by Gasteiger charge is -2.28. The average Bonchev–Trinajstić information content (AvgIpc) is 3.43. The third-order valence-electron chi connectivity index (χ3n) is 6.88. The predicted octanol–water partition coefficient (Wildman–Crippen LogP) is 5.41. The van der Waals surface area contributed by atoms with Crippen LogP contribution in [0, 0.1) is 13.8 Å². The van der Waals surface area contributed by atoms with Gasteiger partial charge in [-0.3, -0.25) is 9.78 Å². The number of benzene rings is 2. The van der Waals surface area contributed by atoms with E-state index in [2.05, 4.69) is 38.1 Å². The molecule has 2 N–H and O–H groups in total. The molecule has 1 fully saturated rings. The Labute approximate surface area is 232 Å². The van der Waals surface area contributed by atoms with E-state index in [4.69, 9.17) is 17.0 Å². The van der Waals surface area contributed by atoms with Gasteiger partial charge in [0.2, 0.25) is 5.91 Å². The molecule has 0 bridgehead atoms. The second kappa shape index (κ2) is 10.7. The highest BCUT2D eigenvalue weighted by Crippen LogP contribution is 2.44. The SMILES string of the molecule is COC(=O)c1cccc(-n2c(C)cc([C@@H]3[C@@H](c4ccccn4)NC(=S)N3c3ccc(NC(C)=O)cc3)c2C)c1. The first kappa shape index (κ1) is 26.1. The van der Waals surface area contributed by atoms with Gasteiger partial charge in [0.25, 0.3) is 0 Å². The van der Waals surface area contributed by atoms with Crippen molar-refractivity contribution in [3.8, 4) is 5.69 Å². The Balaban J connectivity index is 1.62. The molecule has 198 valence electrons. The van der Waals surface area contributed by atoms with E-state index in [9.17, 15) is 9.59 Å². The molecule has 1 aliphatic heterocycles. The lowest BCUT2D eigenvalue weighted by molar-refractivity contribution is -0.114. The van der Waals surface area contributed by atoms with Crippen LogP contribution in [0.5, 0.6) is 0 Å². The summed E-state index contributed by atoms with van der Waals surface area (Å²) in [4.78, 5) is 30.5. The summed E-state index contributed by atoms with van der Waals surface area (Å²) in [6.45, 7) is 5.60. The first-order valence-electron chi connectivity index (χ1n) is 12.5.